The van der Waals surface area contributed by atoms with Crippen LogP contribution in [-0.2, 0) is 4.79 Å². The Kier molecular flexibility index (Phi) is 1.60. The van der Waals surface area contributed by atoms with E-state index in [9.17, 15) is 4.79 Å². The maximum absolute atomic E-state index is 10.6. The summed E-state index contributed by atoms with van der Waals surface area (Å²) in [5.41, 5.74) is 0. The summed E-state index contributed by atoms with van der Waals surface area (Å²) in [5, 5.41) is 12.0. The summed E-state index contributed by atoms with van der Waals surface area (Å²) in [6.07, 6.45) is 1.79. The molecule has 0 bridgehead atoms. The zero-order valence-electron chi connectivity index (χ0n) is 6.42. The summed E-state index contributed by atoms with van der Waals surface area (Å²) in [5.74, 6) is 0.652. The van der Waals surface area contributed by atoms with Crippen molar-refractivity contribution in [1.82, 2.24) is 5.32 Å². The lowest BCUT2D eigenvalue weighted by Gasteiger charge is -2.03. The van der Waals surface area contributed by atoms with Crippen LogP contribution in [0.3, 0.4) is 0 Å². The van der Waals surface area contributed by atoms with Gasteiger partial charge in [0, 0.05) is 0 Å². The number of carboxylic acid groups (broad SMARTS) is 1. The zero-order chi connectivity index (χ0) is 7.84. The molecule has 0 spiro atoms. The van der Waals surface area contributed by atoms with Crippen molar-refractivity contribution in [3.05, 3.63) is 0 Å². The Bertz CT molecular complexity index is 169. The molecule has 2 aliphatic rings. The van der Waals surface area contributed by atoms with Gasteiger partial charge >= 0.3 is 5.97 Å². The summed E-state index contributed by atoms with van der Waals surface area (Å²) in [6, 6.07) is 0. The molecule has 3 heteroatoms. The first kappa shape index (κ1) is 7.10. The molecule has 11 heavy (non-hydrogen) atoms. The number of nitrogens with one attached hydrogen (secondary N) is 1. The zero-order valence-corrected chi connectivity index (χ0v) is 6.42. The van der Waals surface area contributed by atoms with Crippen LogP contribution in [0.25, 0.3) is 0 Å². The van der Waals surface area contributed by atoms with Crippen LogP contribution in [-0.4, -0.2) is 24.2 Å². The van der Waals surface area contributed by atoms with E-state index in [1.807, 2.05) is 0 Å². The number of hydrogen-bond donors (Lipinski definition) is 2. The highest BCUT2D eigenvalue weighted by Crippen LogP contribution is 2.38. The molecule has 0 aromatic rings. The molecular weight excluding hydrogens is 142 g/mol. The summed E-state index contributed by atoms with van der Waals surface area (Å²) < 4.78 is 0. The van der Waals surface area contributed by atoms with Gasteiger partial charge in [-0.2, -0.15) is 0 Å². The van der Waals surface area contributed by atoms with Crippen LogP contribution in [0.4, 0.5) is 0 Å². The lowest BCUT2D eigenvalue weighted by Crippen LogP contribution is -2.16. The van der Waals surface area contributed by atoms with Crippen LogP contribution in [0.2, 0.25) is 0 Å². The van der Waals surface area contributed by atoms with Crippen molar-refractivity contribution in [2.75, 3.05) is 13.1 Å². The SMILES string of the molecule is O=C(O)C1C[C@H]2CNC[C@H]2C1. The van der Waals surface area contributed by atoms with E-state index in [4.69, 9.17) is 5.11 Å². The first-order chi connectivity index (χ1) is 5.27. The van der Waals surface area contributed by atoms with E-state index in [1.54, 1.807) is 0 Å². The Morgan fingerprint density at radius 3 is 2.27 bits per heavy atom. The van der Waals surface area contributed by atoms with Gasteiger partial charge < -0.3 is 10.4 Å². The van der Waals surface area contributed by atoms with Crippen molar-refractivity contribution in [2.45, 2.75) is 12.8 Å². The molecule has 3 nitrogen and oxygen atoms in total. The van der Waals surface area contributed by atoms with Crippen LogP contribution < -0.4 is 5.32 Å². The molecule has 1 saturated heterocycles. The van der Waals surface area contributed by atoms with Gasteiger partial charge in [-0.3, -0.25) is 4.79 Å². The Balaban J connectivity index is 1.99. The van der Waals surface area contributed by atoms with E-state index in [0.29, 0.717) is 11.8 Å². The Hall–Kier alpha value is -0.570. The van der Waals surface area contributed by atoms with Crippen LogP contribution in [0, 0.1) is 17.8 Å². The van der Waals surface area contributed by atoms with E-state index >= 15 is 0 Å². The molecule has 2 rings (SSSR count). The summed E-state index contributed by atoms with van der Waals surface area (Å²) in [4.78, 5) is 10.6. The number of rotatable bonds is 1. The molecule has 2 fully saturated rings. The minimum atomic E-state index is -0.598. The highest BCUT2D eigenvalue weighted by Gasteiger charge is 2.40. The molecule has 2 N–H and O–H groups in total. The second-order valence-corrected chi connectivity index (χ2v) is 3.68. The summed E-state index contributed by atoms with van der Waals surface area (Å²) >= 11 is 0. The molecule has 1 aliphatic heterocycles. The smallest absolute Gasteiger partial charge is 0.306 e. The van der Waals surface area contributed by atoms with Gasteiger partial charge in [-0.25, -0.2) is 0 Å². The van der Waals surface area contributed by atoms with Gasteiger partial charge in [-0.15, -0.1) is 0 Å². The molecule has 3 atom stereocenters. The molecule has 0 aromatic carbocycles. The van der Waals surface area contributed by atoms with Gasteiger partial charge in [0.1, 0.15) is 0 Å². The predicted molar refractivity (Wildman–Crippen MR) is 40.2 cm³/mol. The number of carbonyl (C=O) groups is 1. The van der Waals surface area contributed by atoms with Crippen LogP contribution >= 0.6 is 0 Å². The average molecular weight is 155 g/mol. The minimum Gasteiger partial charge on any atom is -0.481 e. The van der Waals surface area contributed by atoms with Crippen LogP contribution in [0.15, 0.2) is 0 Å². The third-order valence-electron chi connectivity index (χ3n) is 3.00. The van der Waals surface area contributed by atoms with E-state index in [2.05, 4.69) is 5.32 Å². The predicted octanol–water partition coefficient (Wildman–Crippen LogP) is 0.317. The molecule has 0 amide bonds. The minimum absolute atomic E-state index is 0.0490. The van der Waals surface area contributed by atoms with Crippen LogP contribution in [0.5, 0.6) is 0 Å². The fourth-order valence-electron chi connectivity index (χ4n) is 2.37. The van der Waals surface area contributed by atoms with Gasteiger partial charge in [0.05, 0.1) is 5.92 Å². The Morgan fingerprint density at radius 1 is 1.27 bits per heavy atom. The quantitative estimate of drug-likeness (QED) is 0.573. The van der Waals surface area contributed by atoms with Gasteiger partial charge in [0.2, 0.25) is 0 Å². The van der Waals surface area contributed by atoms with Crippen molar-refractivity contribution in [2.24, 2.45) is 17.8 Å². The molecule has 0 radical (unpaired) electrons. The van der Waals surface area contributed by atoms with Gasteiger partial charge in [0.15, 0.2) is 0 Å². The maximum Gasteiger partial charge on any atom is 0.306 e. The molecule has 1 aliphatic carbocycles. The molecule has 62 valence electrons. The fourth-order valence-corrected chi connectivity index (χ4v) is 2.37. The monoisotopic (exact) mass is 155 g/mol. The van der Waals surface area contributed by atoms with Crippen molar-refractivity contribution in [1.29, 1.82) is 0 Å². The average Bonchev–Trinajstić information content (AvgIpc) is 2.40. The largest absolute Gasteiger partial charge is 0.481 e. The van der Waals surface area contributed by atoms with Crippen molar-refractivity contribution >= 4 is 5.97 Å². The van der Waals surface area contributed by atoms with E-state index < -0.39 is 5.97 Å². The van der Waals surface area contributed by atoms with E-state index in [-0.39, 0.29) is 5.92 Å². The highest BCUT2D eigenvalue weighted by molar-refractivity contribution is 5.70. The summed E-state index contributed by atoms with van der Waals surface area (Å²) in [7, 11) is 0. The number of fused-ring (bicyclic) bond motifs is 1. The topological polar surface area (TPSA) is 49.3 Å². The second-order valence-electron chi connectivity index (χ2n) is 3.68. The van der Waals surface area contributed by atoms with Gasteiger partial charge in [-0.05, 0) is 37.8 Å². The second kappa shape index (κ2) is 2.48. The molecule has 0 aromatic heterocycles. The first-order valence-corrected chi connectivity index (χ1v) is 4.21. The highest BCUT2D eigenvalue weighted by atomic mass is 16.4. The van der Waals surface area contributed by atoms with Crippen LogP contribution in [0.1, 0.15) is 12.8 Å². The normalized spacial score (nSPS) is 42.4. The molecule has 1 unspecified atom stereocenters. The lowest BCUT2D eigenvalue weighted by molar-refractivity contribution is -0.141. The Morgan fingerprint density at radius 2 is 1.82 bits per heavy atom. The summed E-state index contributed by atoms with van der Waals surface area (Å²) in [6.45, 7) is 2.07. The maximum atomic E-state index is 10.6. The standard InChI is InChI=1S/C8H13NO2/c10-8(11)5-1-6-3-9-4-7(6)2-5/h5-7,9H,1-4H2,(H,10,11)/t5?,6-,7+. The fraction of sp³-hybridized carbons (Fsp3) is 0.875. The third kappa shape index (κ3) is 1.13. The molecule has 1 saturated carbocycles. The Labute approximate surface area is 65.8 Å². The number of aliphatic carboxylic acids is 1. The lowest BCUT2D eigenvalue weighted by atomic mass is 10.0. The number of carboxylic acids is 1. The van der Waals surface area contributed by atoms with Gasteiger partial charge in [0.25, 0.3) is 0 Å². The molecule has 1 heterocycles. The van der Waals surface area contributed by atoms with E-state index in [1.165, 1.54) is 0 Å². The van der Waals surface area contributed by atoms with Crippen molar-refractivity contribution in [3.63, 3.8) is 0 Å². The van der Waals surface area contributed by atoms with Crippen molar-refractivity contribution in [3.8, 4) is 0 Å². The van der Waals surface area contributed by atoms with Gasteiger partial charge in [-0.1, -0.05) is 0 Å². The molecular formula is C8H13NO2. The first-order valence-electron chi connectivity index (χ1n) is 4.21. The number of hydrogen-bond acceptors (Lipinski definition) is 2. The third-order valence-corrected chi connectivity index (χ3v) is 3.00. The van der Waals surface area contributed by atoms with E-state index in [0.717, 1.165) is 25.9 Å². The van der Waals surface area contributed by atoms with Crippen molar-refractivity contribution < 1.29 is 9.90 Å².